The summed E-state index contributed by atoms with van der Waals surface area (Å²) in [6.45, 7) is 2.83. The minimum absolute atomic E-state index is 0.00156. The van der Waals surface area contributed by atoms with Crippen molar-refractivity contribution < 1.29 is 33.6 Å². The maximum atomic E-state index is 12.2. The van der Waals surface area contributed by atoms with Gasteiger partial charge in [0, 0.05) is 29.6 Å². The number of amides is 1. The van der Waals surface area contributed by atoms with Crippen molar-refractivity contribution >= 4 is 36.2 Å². The molecule has 1 aromatic heterocycles. The molecule has 2 aromatic rings. The van der Waals surface area contributed by atoms with E-state index in [0.717, 1.165) is 5.56 Å². The third kappa shape index (κ3) is 8.26. The first-order valence-electron chi connectivity index (χ1n) is 9.76. The minimum Gasteiger partial charge on any atom is -0.474 e. The largest absolute Gasteiger partial charge is 0.474 e. The van der Waals surface area contributed by atoms with Gasteiger partial charge in [-0.15, -0.1) is 10.9 Å². The van der Waals surface area contributed by atoms with Gasteiger partial charge in [-0.05, 0) is 24.3 Å². The Hall–Kier alpha value is -2.76. The molecule has 180 valence electrons. The Morgan fingerprint density at radius 3 is 2.52 bits per heavy atom. The van der Waals surface area contributed by atoms with Crippen LogP contribution in [-0.4, -0.2) is 48.1 Å². The van der Waals surface area contributed by atoms with E-state index in [1.807, 2.05) is 6.07 Å². The van der Waals surface area contributed by atoms with Crippen molar-refractivity contribution in [3.05, 3.63) is 64.1 Å². The molecule has 1 amide bonds. The van der Waals surface area contributed by atoms with Crippen LogP contribution in [0.15, 0.2) is 47.1 Å². The number of aryl methyl sites for hydroxylation is 1. The van der Waals surface area contributed by atoms with Crippen LogP contribution in [0.2, 0.25) is 0 Å². The highest BCUT2D eigenvalue weighted by atomic mass is 32.2. The van der Waals surface area contributed by atoms with Crippen molar-refractivity contribution in [1.29, 1.82) is 0 Å². The van der Waals surface area contributed by atoms with E-state index in [1.165, 1.54) is 11.1 Å². The van der Waals surface area contributed by atoms with E-state index in [1.54, 1.807) is 38.1 Å². The number of rotatable bonds is 11. The molecule has 33 heavy (non-hydrogen) atoms. The van der Waals surface area contributed by atoms with E-state index >= 15 is 0 Å². The van der Waals surface area contributed by atoms with Crippen LogP contribution in [0.1, 0.15) is 30.3 Å². The lowest BCUT2D eigenvalue weighted by Gasteiger charge is -2.28. The number of anilines is 1. The van der Waals surface area contributed by atoms with Gasteiger partial charge in [0.05, 0.1) is 13.2 Å². The highest BCUT2D eigenvalue weighted by Crippen LogP contribution is 2.45. The molecule has 0 aliphatic carbocycles. The molecule has 1 atom stereocenters. The molecule has 5 N–H and O–H groups in total. The number of benzene rings is 1. The highest BCUT2D eigenvalue weighted by Gasteiger charge is 2.25. The van der Waals surface area contributed by atoms with Gasteiger partial charge in [-0.3, -0.25) is 9.32 Å². The van der Waals surface area contributed by atoms with E-state index in [2.05, 4.69) is 14.5 Å². The first-order valence-corrected chi connectivity index (χ1v) is 12.8. The summed E-state index contributed by atoms with van der Waals surface area (Å²) < 4.78 is 15.7. The normalized spacial score (nSPS) is 13.8. The number of nitrogens with two attached hydrogens (primary N) is 1. The molecule has 0 spiro atoms. The molecule has 0 aliphatic rings. The molecule has 0 saturated heterocycles. The number of aromatic nitrogens is 2. The number of phosphoric ester groups is 1. The van der Waals surface area contributed by atoms with Crippen LogP contribution in [0.4, 0.5) is 10.6 Å². The molecule has 13 heteroatoms. The smallest absolute Gasteiger partial charge is 0.469 e. The van der Waals surface area contributed by atoms with Crippen molar-refractivity contribution in [2.75, 3.05) is 12.3 Å². The van der Waals surface area contributed by atoms with Crippen LogP contribution in [0.25, 0.3) is 0 Å². The zero-order valence-electron chi connectivity index (χ0n) is 18.2. The average Bonchev–Trinajstić information content (AvgIpc) is 2.74. The molecular weight excluding hydrogens is 471 g/mol. The fourth-order valence-electron chi connectivity index (χ4n) is 3.04. The van der Waals surface area contributed by atoms with Crippen LogP contribution in [0.5, 0.6) is 0 Å². The van der Waals surface area contributed by atoms with Crippen molar-refractivity contribution in [2.45, 2.75) is 32.6 Å². The Morgan fingerprint density at radius 2 is 1.97 bits per heavy atom. The number of allylic oxidation sites excluding steroid dienone is 1. The van der Waals surface area contributed by atoms with Crippen LogP contribution in [0.3, 0.4) is 0 Å². The lowest BCUT2D eigenvalue weighted by Crippen LogP contribution is -2.23. The number of nitrogen functional groups attached to an aromatic ring is 1. The fraction of sp³-hybridized carbons (Fsp3) is 0.300. The molecule has 0 radical (unpaired) electrons. The third-order valence-corrected chi connectivity index (χ3v) is 7.53. The van der Waals surface area contributed by atoms with E-state index in [9.17, 15) is 19.3 Å². The summed E-state index contributed by atoms with van der Waals surface area (Å²) in [5.74, 6) is 0.836. The number of carboxylic acid groups (broad SMARTS) is 1. The molecule has 0 saturated carbocycles. The molecule has 1 heterocycles. The molecule has 11 nitrogen and oxygen atoms in total. The van der Waals surface area contributed by atoms with Crippen LogP contribution < -0.4 is 5.73 Å². The third-order valence-electron chi connectivity index (χ3n) is 4.67. The van der Waals surface area contributed by atoms with E-state index in [-0.39, 0.29) is 24.5 Å². The number of hydrogen-bond acceptors (Lipinski definition) is 7. The summed E-state index contributed by atoms with van der Waals surface area (Å²) in [4.78, 5) is 52.0. The molecule has 0 aliphatic heterocycles. The van der Waals surface area contributed by atoms with Crippen molar-refractivity contribution in [2.24, 2.45) is 0 Å². The second-order valence-electron chi connectivity index (χ2n) is 7.02. The number of nitrogens with zero attached hydrogens (tertiary/aromatic N) is 3. The van der Waals surface area contributed by atoms with Gasteiger partial charge in [-0.2, -0.15) is 0 Å². The van der Waals surface area contributed by atoms with E-state index in [0.29, 0.717) is 28.4 Å². The van der Waals surface area contributed by atoms with Gasteiger partial charge in [0.1, 0.15) is 11.6 Å². The number of hydrogen-bond donors (Lipinski definition) is 5. The Labute approximate surface area is 193 Å². The van der Waals surface area contributed by atoms with Gasteiger partial charge in [0.25, 0.3) is 0 Å². The topological polar surface area (TPSA) is 176 Å². The summed E-state index contributed by atoms with van der Waals surface area (Å²) in [6.07, 6.45) is 1.93. The van der Waals surface area contributed by atoms with E-state index < -0.39 is 30.6 Å². The number of carbonyl (C=O) groups is 2. The Bertz CT molecular complexity index is 1060. The summed E-state index contributed by atoms with van der Waals surface area (Å²) in [7, 11) is -6.62. The highest BCUT2D eigenvalue weighted by molar-refractivity contribution is 8.31. The van der Waals surface area contributed by atoms with Crippen molar-refractivity contribution in [1.82, 2.24) is 14.9 Å². The number of phosphoric acid groups is 1. The molecule has 0 fully saturated rings. The summed E-state index contributed by atoms with van der Waals surface area (Å²) in [5, 5.41) is 8.91. The van der Waals surface area contributed by atoms with Crippen molar-refractivity contribution in [3.63, 3.8) is 0 Å². The second-order valence-corrected chi connectivity index (χ2v) is 10.4. The summed E-state index contributed by atoms with van der Waals surface area (Å²) in [6, 6.07) is 8.97. The summed E-state index contributed by atoms with van der Waals surface area (Å²) >= 11 is 0. The van der Waals surface area contributed by atoms with Crippen molar-refractivity contribution in [3.8, 4) is 0 Å². The average molecular weight is 498 g/mol. The maximum Gasteiger partial charge on any atom is 0.469 e. The maximum absolute atomic E-state index is 12.2. The standard InChI is InChI=1S/C20H27N4O7PS/c1-14(24(13-25)11-17-10-22-15(2)23-19(17)21)18(8-9-31-32(28,29)30)33(20(26)27)12-16-6-4-3-5-7-16/h3-7,10,13,33H,8-9,11-12H2,1-2H3,(H,26,27)(H2,21,22,23)(H2,28,29,30)/b18-14-. The predicted octanol–water partition coefficient (Wildman–Crippen LogP) is 2.94. The van der Waals surface area contributed by atoms with Gasteiger partial charge in [0.15, 0.2) is 0 Å². The minimum atomic E-state index is -4.75. The quantitative estimate of drug-likeness (QED) is 0.176. The monoisotopic (exact) mass is 498 g/mol. The predicted molar refractivity (Wildman–Crippen MR) is 125 cm³/mol. The van der Waals surface area contributed by atoms with Gasteiger partial charge >= 0.3 is 13.1 Å². The van der Waals surface area contributed by atoms with E-state index in [4.69, 9.17) is 15.5 Å². The Kier molecular flexibility index (Phi) is 9.56. The lowest BCUT2D eigenvalue weighted by molar-refractivity contribution is -0.116. The first-order chi connectivity index (χ1) is 15.5. The Morgan fingerprint density at radius 1 is 1.30 bits per heavy atom. The van der Waals surface area contributed by atoms with Crippen LogP contribution in [0, 0.1) is 6.92 Å². The zero-order chi connectivity index (χ0) is 24.6. The van der Waals surface area contributed by atoms with Crippen LogP contribution in [-0.2, 0) is 26.2 Å². The fourth-order valence-corrected chi connectivity index (χ4v) is 5.38. The van der Waals surface area contributed by atoms with Gasteiger partial charge < -0.3 is 25.5 Å². The molecule has 1 aromatic carbocycles. The van der Waals surface area contributed by atoms with Gasteiger partial charge in [-0.1, -0.05) is 30.3 Å². The van der Waals surface area contributed by atoms with Crippen LogP contribution >= 0.6 is 18.7 Å². The summed E-state index contributed by atoms with van der Waals surface area (Å²) in [5.41, 5.74) is 7.52. The van der Waals surface area contributed by atoms with Gasteiger partial charge in [-0.25, -0.2) is 19.3 Å². The molecule has 0 bridgehead atoms. The SMILES string of the molecule is C/C(=C(\CCOP(=O)(O)O)[SH](Cc1ccccc1)C(=O)O)N(C=O)Cc1cnc(C)nc1N. The second kappa shape index (κ2) is 11.9. The molecular formula is C20H27N4O7PS. The molecule has 1 unspecified atom stereocenters. The molecule has 2 rings (SSSR count). The number of thiol groups is 1. The lowest BCUT2D eigenvalue weighted by atomic mass is 10.2. The number of carbonyl (C=O) groups excluding carboxylic acids is 1. The first kappa shape index (κ1) is 26.5. The zero-order valence-corrected chi connectivity index (χ0v) is 19.9. The van der Waals surface area contributed by atoms with Gasteiger partial charge in [0.2, 0.25) is 6.41 Å². The Balaban J connectivity index is 2.44.